The zero-order valence-electron chi connectivity index (χ0n) is 30.6. The molecule has 2 fully saturated rings. The molecule has 0 saturated carbocycles. The third-order valence-corrected chi connectivity index (χ3v) is 14.2. The lowest BCUT2D eigenvalue weighted by molar-refractivity contribution is 0.0868. The number of piperazine rings is 1. The number of halogens is 2. The Morgan fingerprint density at radius 3 is 1.98 bits per heavy atom. The molecule has 0 bridgehead atoms. The average molecular weight is 805 g/mol. The minimum atomic E-state index is -3.77. The predicted octanol–water partition coefficient (Wildman–Crippen LogP) is 6.24. The van der Waals surface area contributed by atoms with E-state index in [1.807, 2.05) is 45.0 Å². The molecule has 3 aromatic rings. The number of ether oxygens (including phenoxy) is 1. The van der Waals surface area contributed by atoms with Crippen molar-refractivity contribution in [2.75, 3.05) is 64.4 Å². The number of sulfonamides is 1. The minimum absolute atomic E-state index is 0.114. The Morgan fingerprint density at radius 1 is 0.830 bits per heavy atom. The fourth-order valence-electron chi connectivity index (χ4n) is 7.62. The van der Waals surface area contributed by atoms with Gasteiger partial charge in [-0.15, -0.1) is 0 Å². The van der Waals surface area contributed by atoms with Crippen molar-refractivity contribution in [3.05, 3.63) is 93.5 Å². The summed E-state index contributed by atoms with van der Waals surface area (Å²) in [6.45, 7) is 9.61. The molecule has 0 spiro atoms. The molecular formula is C38H47Cl2N5O6S2. The first-order chi connectivity index (χ1) is 25.1. The first kappa shape index (κ1) is 39.5. The van der Waals surface area contributed by atoms with Crippen LogP contribution in [0.2, 0.25) is 10.0 Å². The number of hydrogen-bond donors (Lipinski definition) is 0. The Kier molecular flexibility index (Phi) is 11.6. The van der Waals surface area contributed by atoms with E-state index in [-0.39, 0.29) is 23.3 Å². The quantitative estimate of drug-likeness (QED) is 0.225. The lowest BCUT2D eigenvalue weighted by Gasteiger charge is -2.47. The summed E-state index contributed by atoms with van der Waals surface area (Å²) in [5, 5.41) is 1.10. The summed E-state index contributed by atoms with van der Waals surface area (Å²) in [6.07, 6.45) is 3.38. The number of benzene rings is 3. The topological polar surface area (TPSA) is 120 Å². The summed E-state index contributed by atoms with van der Waals surface area (Å²) >= 11 is 12.8. The van der Waals surface area contributed by atoms with Gasteiger partial charge in [0.05, 0.1) is 22.8 Å². The van der Waals surface area contributed by atoms with Gasteiger partial charge in [-0.2, -0.15) is 4.31 Å². The number of hydrogen-bond acceptors (Lipinski definition) is 8. The summed E-state index contributed by atoms with van der Waals surface area (Å²) in [5.74, 6) is 0.760. The molecule has 0 aliphatic carbocycles. The van der Waals surface area contributed by atoms with Crippen LogP contribution in [0.25, 0.3) is 0 Å². The highest BCUT2D eigenvalue weighted by Gasteiger charge is 2.60. The van der Waals surface area contributed by atoms with Gasteiger partial charge in [-0.05, 0) is 94.1 Å². The van der Waals surface area contributed by atoms with Crippen molar-refractivity contribution < 1.29 is 26.4 Å². The van der Waals surface area contributed by atoms with Crippen molar-refractivity contribution in [1.29, 1.82) is 0 Å². The molecule has 0 unspecified atom stereocenters. The van der Waals surface area contributed by atoms with Crippen molar-refractivity contribution in [2.24, 2.45) is 4.99 Å². The maximum Gasteiger partial charge on any atom is 0.326 e. The van der Waals surface area contributed by atoms with Crippen LogP contribution in [0.15, 0.2) is 76.6 Å². The largest absolute Gasteiger partial charge is 0.493 e. The second kappa shape index (κ2) is 15.5. The van der Waals surface area contributed by atoms with Crippen molar-refractivity contribution >= 4 is 54.9 Å². The highest BCUT2D eigenvalue weighted by atomic mass is 35.5. The van der Waals surface area contributed by atoms with Crippen LogP contribution in [0.4, 0.5) is 4.79 Å². The monoisotopic (exact) mass is 803 g/mol. The number of carbonyl (C=O) groups is 1. The maximum absolute atomic E-state index is 15.2. The number of carbonyl (C=O) groups excluding carboxylic acids is 1. The van der Waals surface area contributed by atoms with Gasteiger partial charge in [-0.25, -0.2) is 21.6 Å². The number of amides is 2. The second-order valence-corrected chi connectivity index (χ2v) is 19.3. The van der Waals surface area contributed by atoms with Gasteiger partial charge in [0, 0.05) is 61.6 Å². The number of amidine groups is 1. The molecule has 3 aliphatic rings. The van der Waals surface area contributed by atoms with E-state index in [1.165, 1.54) is 10.6 Å². The maximum atomic E-state index is 15.2. The number of rotatable bonds is 11. The number of aliphatic imine (C=N–C) groups is 1. The molecule has 0 radical (unpaired) electrons. The summed E-state index contributed by atoms with van der Waals surface area (Å²) in [4.78, 5) is 26.5. The molecule has 3 heterocycles. The summed E-state index contributed by atoms with van der Waals surface area (Å²) in [5.41, 5.74) is -0.119. The Balaban J connectivity index is 1.48. The second-order valence-electron chi connectivity index (χ2n) is 14.2. The standard InChI is InChI=1S/C38H47Cl2N5O6S2/c1-5-51-34-27-32(53(49,50)44-20-6-7-21-44)17-18-33(34)35-41-37(2,28-9-13-30(39)14-10-28)38(3,29-11-15-31(40)16-12-29)45(35)36(46)43-24-22-42(23-25-43)19-8-26-52(4,47)48/h9-18,27H,5-8,19-26H2,1-4H3/t37-,38+/m0/s1. The molecule has 53 heavy (non-hydrogen) atoms. The normalized spacial score (nSPS) is 23.0. The van der Waals surface area contributed by atoms with E-state index in [0.29, 0.717) is 79.4 Å². The van der Waals surface area contributed by atoms with Crippen LogP contribution in [0.5, 0.6) is 5.75 Å². The molecular weight excluding hydrogens is 757 g/mol. The summed E-state index contributed by atoms with van der Waals surface area (Å²) in [6, 6.07) is 19.4. The zero-order chi connectivity index (χ0) is 38.2. The highest BCUT2D eigenvalue weighted by Crippen LogP contribution is 2.54. The lowest BCUT2D eigenvalue weighted by atomic mass is 9.71. The Hall–Kier alpha value is -3.20. The average Bonchev–Trinajstić information content (AvgIpc) is 3.75. The van der Waals surface area contributed by atoms with Gasteiger partial charge in [0.15, 0.2) is 0 Å². The van der Waals surface area contributed by atoms with E-state index in [0.717, 1.165) is 24.0 Å². The first-order valence-electron chi connectivity index (χ1n) is 18.0. The Morgan fingerprint density at radius 2 is 1.42 bits per heavy atom. The predicted molar refractivity (Wildman–Crippen MR) is 209 cm³/mol. The molecule has 15 heteroatoms. The smallest absolute Gasteiger partial charge is 0.326 e. The van der Waals surface area contributed by atoms with Gasteiger partial charge in [-0.3, -0.25) is 14.8 Å². The third kappa shape index (κ3) is 7.83. The Labute approximate surface area is 323 Å². The van der Waals surface area contributed by atoms with E-state index in [2.05, 4.69) is 4.90 Å². The molecule has 3 aromatic carbocycles. The lowest BCUT2D eigenvalue weighted by Crippen LogP contribution is -2.60. The van der Waals surface area contributed by atoms with Crippen LogP contribution in [0.3, 0.4) is 0 Å². The summed E-state index contributed by atoms with van der Waals surface area (Å²) < 4.78 is 58.5. The number of urea groups is 1. The molecule has 2 atom stereocenters. The molecule has 2 saturated heterocycles. The van der Waals surface area contributed by atoms with Gasteiger partial charge in [0.1, 0.15) is 32.5 Å². The van der Waals surface area contributed by atoms with Gasteiger partial charge in [-0.1, -0.05) is 47.5 Å². The Bertz CT molecular complexity index is 2070. The van der Waals surface area contributed by atoms with Crippen molar-refractivity contribution in [3.63, 3.8) is 0 Å². The molecule has 0 aromatic heterocycles. The van der Waals surface area contributed by atoms with Crippen LogP contribution < -0.4 is 4.74 Å². The van der Waals surface area contributed by atoms with E-state index in [1.54, 1.807) is 52.3 Å². The fraction of sp³-hybridized carbons (Fsp3) is 0.474. The van der Waals surface area contributed by atoms with Crippen LogP contribution in [0, 0.1) is 0 Å². The zero-order valence-corrected chi connectivity index (χ0v) is 33.7. The highest BCUT2D eigenvalue weighted by molar-refractivity contribution is 7.90. The minimum Gasteiger partial charge on any atom is -0.493 e. The first-order valence-corrected chi connectivity index (χ1v) is 22.2. The SMILES string of the molecule is CCOc1cc(S(=O)(=O)N2CCCC2)ccc1C1=N[C@@](C)(c2ccc(Cl)cc2)[C@@](C)(c2ccc(Cl)cc2)N1C(=O)N1CCN(CCCS(C)(=O)=O)CC1. The van der Waals surface area contributed by atoms with Crippen LogP contribution in [-0.2, 0) is 30.9 Å². The van der Waals surface area contributed by atoms with Gasteiger partial charge in [0.2, 0.25) is 10.0 Å². The van der Waals surface area contributed by atoms with Crippen molar-refractivity contribution in [2.45, 2.75) is 56.0 Å². The van der Waals surface area contributed by atoms with E-state index >= 15 is 4.79 Å². The number of sulfone groups is 1. The van der Waals surface area contributed by atoms with Crippen molar-refractivity contribution in [3.8, 4) is 5.75 Å². The summed E-state index contributed by atoms with van der Waals surface area (Å²) in [7, 11) is -6.83. The van der Waals surface area contributed by atoms with E-state index in [9.17, 15) is 16.8 Å². The van der Waals surface area contributed by atoms with Crippen LogP contribution in [-0.4, -0.2) is 112 Å². The van der Waals surface area contributed by atoms with Gasteiger partial charge in [0.25, 0.3) is 0 Å². The van der Waals surface area contributed by atoms with E-state index < -0.39 is 30.9 Å². The van der Waals surface area contributed by atoms with Crippen LogP contribution in [0.1, 0.15) is 56.7 Å². The third-order valence-electron chi connectivity index (χ3n) is 10.8. The molecule has 3 aliphatic heterocycles. The number of nitrogens with zero attached hydrogens (tertiary/aromatic N) is 5. The molecule has 286 valence electrons. The van der Waals surface area contributed by atoms with Gasteiger partial charge >= 0.3 is 6.03 Å². The molecule has 11 nitrogen and oxygen atoms in total. The van der Waals surface area contributed by atoms with E-state index in [4.69, 9.17) is 32.9 Å². The van der Waals surface area contributed by atoms with Crippen molar-refractivity contribution in [1.82, 2.24) is 19.0 Å². The molecule has 6 rings (SSSR count). The molecule has 0 N–H and O–H groups in total. The van der Waals surface area contributed by atoms with Crippen LogP contribution >= 0.6 is 23.2 Å². The van der Waals surface area contributed by atoms with Gasteiger partial charge < -0.3 is 9.64 Å². The fourth-order valence-corrected chi connectivity index (χ4v) is 10.1. The molecule has 2 amide bonds.